The van der Waals surface area contributed by atoms with E-state index in [1.807, 2.05) is 6.92 Å². The van der Waals surface area contributed by atoms with Gasteiger partial charge in [0.05, 0.1) is 5.60 Å². The fraction of sp³-hybridized carbons (Fsp3) is 0.913. The summed E-state index contributed by atoms with van der Waals surface area (Å²) in [4.78, 5) is 14.9. The Kier molecular flexibility index (Phi) is 3.07. The number of fused-ring (bicyclic) bond motifs is 3. The number of aromatic nitrogens is 4. The molecule has 8 rings (SSSR count). The Bertz CT molecular complexity index is 871. The van der Waals surface area contributed by atoms with Gasteiger partial charge in [-0.05, 0) is 110 Å². The highest BCUT2D eigenvalue weighted by Crippen LogP contribution is 2.99. The summed E-state index contributed by atoms with van der Waals surface area (Å²) >= 11 is 0. The standard InChI is InChI=1S/C23H32N4O2/c1-21(29)7-5-13-12(9-21)3-4-15-14(13)6-8-22(2)18(15)17-19-20(17)23(19,22)16(28)10-27-25-11-24-26-27/h11-15,17-20,29H,3-10H2,1-2H3/t12-,13+,14-,15-,17-,18-,19?,20-,21-,22+,23+/m1/s1. The molecule has 0 amide bonds. The summed E-state index contributed by atoms with van der Waals surface area (Å²) in [6.45, 7) is 4.82. The van der Waals surface area contributed by atoms with Crippen LogP contribution >= 0.6 is 0 Å². The minimum atomic E-state index is -0.442. The van der Waals surface area contributed by atoms with Crippen LogP contribution in [0.15, 0.2) is 6.33 Å². The molecule has 11 atom stereocenters. The smallest absolute Gasteiger partial charge is 0.163 e. The van der Waals surface area contributed by atoms with Crippen molar-refractivity contribution in [3.63, 3.8) is 0 Å². The molecule has 7 saturated carbocycles. The molecule has 7 aliphatic rings. The number of hydrogen-bond acceptors (Lipinski definition) is 5. The predicted octanol–water partition coefficient (Wildman–Crippen LogP) is 2.73. The van der Waals surface area contributed by atoms with E-state index in [4.69, 9.17) is 0 Å². The molecule has 6 nitrogen and oxygen atoms in total. The molecule has 1 unspecified atom stereocenters. The quantitative estimate of drug-likeness (QED) is 0.850. The van der Waals surface area contributed by atoms with Crippen molar-refractivity contribution in [1.82, 2.24) is 20.2 Å². The van der Waals surface area contributed by atoms with Crippen molar-refractivity contribution in [2.45, 2.75) is 70.9 Å². The highest BCUT2D eigenvalue weighted by atomic mass is 16.3. The highest BCUT2D eigenvalue weighted by molar-refractivity contribution is 5.93. The lowest BCUT2D eigenvalue weighted by molar-refractivity contribution is -0.136. The minimum Gasteiger partial charge on any atom is -0.390 e. The highest BCUT2D eigenvalue weighted by Gasteiger charge is 2.99. The van der Waals surface area contributed by atoms with Crippen molar-refractivity contribution in [2.24, 2.45) is 58.2 Å². The molecule has 156 valence electrons. The van der Waals surface area contributed by atoms with Gasteiger partial charge in [0.25, 0.3) is 0 Å². The Morgan fingerprint density at radius 3 is 2.62 bits per heavy atom. The van der Waals surface area contributed by atoms with Crippen molar-refractivity contribution in [1.29, 1.82) is 0 Å². The van der Waals surface area contributed by atoms with E-state index in [0.29, 0.717) is 24.2 Å². The average Bonchev–Trinajstić information content (AvgIpc) is 3.41. The summed E-state index contributed by atoms with van der Waals surface area (Å²) in [5.74, 6) is 6.49. The van der Waals surface area contributed by atoms with E-state index in [2.05, 4.69) is 22.3 Å². The largest absolute Gasteiger partial charge is 0.390 e. The summed E-state index contributed by atoms with van der Waals surface area (Å²) in [6, 6.07) is 0. The second-order valence-corrected chi connectivity index (χ2v) is 11.9. The Labute approximate surface area is 171 Å². The number of ketones is 1. The van der Waals surface area contributed by atoms with E-state index in [0.717, 1.165) is 48.3 Å². The fourth-order valence-corrected chi connectivity index (χ4v) is 10.2. The lowest BCUT2D eigenvalue weighted by Crippen LogP contribution is -2.51. The average molecular weight is 397 g/mol. The number of Topliss-reactive ketones (excluding diaryl/α,β-unsaturated/α-hetero) is 1. The lowest BCUT2D eigenvalue weighted by atomic mass is 9.49. The van der Waals surface area contributed by atoms with Crippen LogP contribution in [0.1, 0.15) is 58.8 Å². The summed E-state index contributed by atoms with van der Waals surface area (Å²) in [5, 5.41) is 22.4. The van der Waals surface area contributed by atoms with Gasteiger partial charge in [-0.15, -0.1) is 10.2 Å². The molecule has 7 fully saturated rings. The molecular formula is C23H32N4O2. The van der Waals surface area contributed by atoms with Gasteiger partial charge in [0, 0.05) is 5.41 Å². The maximum absolute atomic E-state index is 13.5. The summed E-state index contributed by atoms with van der Waals surface area (Å²) < 4.78 is 0. The Hall–Kier alpha value is -1.30. The van der Waals surface area contributed by atoms with Crippen LogP contribution in [0.4, 0.5) is 0 Å². The van der Waals surface area contributed by atoms with Gasteiger partial charge >= 0.3 is 0 Å². The monoisotopic (exact) mass is 396 g/mol. The number of tetrazole rings is 1. The van der Waals surface area contributed by atoms with Crippen molar-refractivity contribution in [2.75, 3.05) is 0 Å². The van der Waals surface area contributed by atoms with E-state index >= 15 is 0 Å². The molecule has 1 N–H and O–H groups in total. The number of hydrogen-bond donors (Lipinski definition) is 1. The van der Waals surface area contributed by atoms with Crippen LogP contribution in [0.2, 0.25) is 0 Å². The third-order valence-corrected chi connectivity index (χ3v) is 11.0. The van der Waals surface area contributed by atoms with E-state index < -0.39 is 5.60 Å². The van der Waals surface area contributed by atoms with Crippen LogP contribution in [-0.2, 0) is 11.3 Å². The first-order chi connectivity index (χ1) is 13.9. The number of carbonyl (C=O) groups excluding carboxylic acids is 1. The summed E-state index contributed by atoms with van der Waals surface area (Å²) in [6.07, 6.45) is 9.75. The molecule has 0 aliphatic heterocycles. The van der Waals surface area contributed by atoms with Crippen molar-refractivity contribution in [3.05, 3.63) is 6.33 Å². The molecule has 1 aromatic rings. The zero-order chi connectivity index (χ0) is 19.8. The molecule has 0 radical (unpaired) electrons. The van der Waals surface area contributed by atoms with Gasteiger partial charge < -0.3 is 5.11 Å². The van der Waals surface area contributed by atoms with Crippen molar-refractivity contribution >= 4 is 5.78 Å². The number of aliphatic hydroxyl groups is 1. The van der Waals surface area contributed by atoms with Crippen LogP contribution in [0.5, 0.6) is 0 Å². The van der Waals surface area contributed by atoms with E-state index in [1.54, 1.807) is 0 Å². The zero-order valence-electron chi connectivity index (χ0n) is 17.5. The van der Waals surface area contributed by atoms with E-state index in [-0.39, 0.29) is 10.8 Å². The summed E-state index contributed by atoms with van der Waals surface area (Å²) in [5.41, 5.74) is -0.311. The molecule has 7 aliphatic carbocycles. The fourth-order valence-electron chi connectivity index (χ4n) is 10.2. The Morgan fingerprint density at radius 1 is 1.07 bits per heavy atom. The topological polar surface area (TPSA) is 80.9 Å². The zero-order valence-corrected chi connectivity index (χ0v) is 17.5. The van der Waals surface area contributed by atoms with Gasteiger partial charge in [0.1, 0.15) is 6.54 Å². The third-order valence-electron chi connectivity index (χ3n) is 11.0. The molecule has 6 heteroatoms. The number of nitrogens with zero attached hydrogens (tertiary/aromatic N) is 4. The first kappa shape index (κ1) is 17.4. The third kappa shape index (κ3) is 1.90. The van der Waals surface area contributed by atoms with Gasteiger partial charge in [0.2, 0.25) is 0 Å². The number of rotatable bonds is 3. The molecule has 1 aromatic heterocycles. The first-order valence-corrected chi connectivity index (χ1v) is 11.8. The van der Waals surface area contributed by atoms with Crippen LogP contribution in [-0.4, -0.2) is 36.7 Å². The maximum atomic E-state index is 13.5. The van der Waals surface area contributed by atoms with Gasteiger partial charge in [-0.25, -0.2) is 0 Å². The van der Waals surface area contributed by atoms with Crippen molar-refractivity contribution < 1.29 is 9.90 Å². The van der Waals surface area contributed by atoms with Crippen LogP contribution in [0.25, 0.3) is 0 Å². The molecule has 29 heavy (non-hydrogen) atoms. The van der Waals surface area contributed by atoms with Gasteiger partial charge in [-0.2, -0.15) is 4.80 Å². The molecular weight excluding hydrogens is 364 g/mol. The minimum absolute atomic E-state index is 0.0615. The van der Waals surface area contributed by atoms with Crippen LogP contribution < -0.4 is 0 Å². The predicted molar refractivity (Wildman–Crippen MR) is 104 cm³/mol. The van der Waals surface area contributed by atoms with Gasteiger partial charge in [-0.3, -0.25) is 4.79 Å². The Balaban J connectivity index is 1.16. The normalized spacial score (nSPS) is 58.6. The lowest BCUT2D eigenvalue weighted by Gasteiger charge is -2.56. The van der Waals surface area contributed by atoms with Crippen molar-refractivity contribution in [3.8, 4) is 0 Å². The van der Waals surface area contributed by atoms with Gasteiger partial charge in [-0.1, -0.05) is 6.92 Å². The van der Waals surface area contributed by atoms with E-state index in [9.17, 15) is 9.90 Å². The first-order valence-electron chi connectivity index (χ1n) is 11.8. The molecule has 0 spiro atoms. The SMILES string of the molecule is C[C@@]1(O)CC[C@H]2[C@H](CC[C@@H]3[C@@H]2CC[C@@]2(C)[C@H]3[C@@H]3C4[C@@H]3[C@]42C(=O)Cn2ncnn2)C1. The second-order valence-electron chi connectivity index (χ2n) is 11.9. The molecule has 2 bridgehead atoms. The molecule has 0 aromatic carbocycles. The van der Waals surface area contributed by atoms with Crippen LogP contribution in [0.3, 0.4) is 0 Å². The van der Waals surface area contributed by atoms with Crippen LogP contribution in [0, 0.1) is 58.2 Å². The summed E-state index contributed by atoms with van der Waals surface area (Å²) in [7, 11) is 0. The van der Waals surface area contributed by atoms with E-state index in [1.165, 1.54) is 43.2 Å². The van der Waals surface area contributed by atoms with Gasteiger partial charge in [0.15, 0.2) is 12.1 Å². The molecule has 0 saturated heterocycles. The maximum Gasteiger partial charge on any atom is 0.163 e. The molecule has 1 heterocycles. The second kappa shape index (κ2) is 5.12. The number of carbonyl (C=O) groups is 1. The Morgan fingerprint density at radius 2 is 1.86 bits per heavy atom.